The maximum Gasteiger partial charge on any atom is 0.325 e. The molecule has 2 amide bonds. The van der Waals surface area contributed by atoms with Crippen molar-refractivity contribution in [2.24, 2.45) is 17.8 Å². The lowest BCUT2D eigenvalue weighted by Crippen LogP contribution is -2.53. The fraction of sp³-hybridized carbons (Fsp3) is 0.613. The van der Waals surface area contributed by atoms with Gasteiger partial charge in [-0.15, -0.1) is 0 Å². The number of hydrogen-bond donors (Lipinski definition) is 0. The quantitative estimate of drug-likeness (QED) is 0.585. The molecule has 1 aromatic heterocycles. The van der Waals surface area contributed by atoms with Crippen LogP contribution in [0.4, 0.5) is 4.79 Å². The van der Waals surface area contributed by atoms with Gasteiger partial charge >= 0.3 is 6.03 Å². The van der Waals surface area contributed by atoms with E-state index < -0.39 is 0 Å². The van der Waals surface area contributed by atoms with Crippen molar-refractivity contribution in [1.29, 1.82) is 0 Å². The Morgan fingerprint density at radius 1 is 1.16 bits per heavy atom. The van der Waals surface area contributed by atoms with Crippen molar-refractivity contribution in [3.05, 3.63) is 53.9 Å². The van der Waals surface area contributed by atoms with E-state index in [4.69, 9.17) is 9.47 Å². The summed E-state index contributed by atoms with van der Waals surface area (Å²) in [6, 6.07) is 12.8. The topological polar surface area (TPSA) is 58.1 Å². The van der Waals surface area contributed by atoms with E-state index in [1.807, 2.05) is 13.2 Å². The van der Waals surface area contributed by atoms with Crippen LogP contribution in [0, 0.1) is 29.9 Å². The Bertz CT molecular complexity index is 1200. The number of aromatic nitrogens is 1. The Hall–Kier alpha value is -2.66. The van der Waals surface area contributed by atoms with Crippen LogP contribution in [-0.4, -0.2) is 83.9 Å². The molecular formula is C31H40N4O3. The number of allylic oxidation sites excluding steroid dienone is 1. The fourth-order valence-electron chi connectivity index (χ4n) is 8.02. The Kier molecular flexibility index (Phi) is 6.84. The van der Waals surface area contributed by atoms with Crippen LogP contribution in [0.1, 0.15) is 45.1 Å². The summed E-state index contributed by atoms with van der Waals surface area (Å²) in [6.45, 7) is 8.71. The third kappa shape index (κ3) is 4.09. The normalized spacial score (nSPS) is 31.1. The van der Waals surface area contributed by atoms with Gasteiger partial charge in [0.15, 0.2) is 0 Å². The number of fused-ring (bicyclic) bond motifs is 4. The van der Waals surface area contributed by atoms with Crippen molar-refractivity contribution in [3.63, 3.8) is 0 Å². The second kappa shape index (κ2) is 10.1. The Morgan fingerprint density at radius 2 is 1.97 bits per heavy atom. The average molecular weight is 517 g/mol. The first-order valence-electron chi connectivity index (χ1n) is 14.2. The van der Waals surface area contributed by atoms with E-state index in [0.29, 0.717) is 17.8 Å². The molecule has 6 rings (SSSR count). The lowest BCUT2D eigenvalue weighted by atomic mass is 9.70. The molecule has 3 aliphatic heterocycles. The second-order valence-corrected chi connectivity index (χ2v) is 11.6. The molecule has 3 unspecified atom stereocenters. The summed E-state index contributed by atoms with van der Waals surface area (Å²) in [5.41, 5.74) is 3.22. The van der Waals surface area contributed by atoms with Crippen LogP contribution in [0.2, 0.25) is 0 Å². The molecule has 7 nitrogen and oxygen atoms in total. The van der Waals surface area contributed by atoms with E-state index in [9.17, 15) is 4.79 Å². The SMILES string of the molecule is CCN1C(=O)N2CC3C[C@H](OC)CC(OC)[C@@H]3C(C)C=C2C12CCN(Cc1cccc3ncc#cc13)CC2. The molecule has 202 valence electrons. The minimum Gasteiger partial charge on any atom is -0.381 e. The first kappa shape index (κ1) is 25.6. The van der Waals surface area contributed by atoms with Crippen LogP contribution in [0.5, 0.6) is 0 Å². The van der Waals surface area contributed by atoms with Crippen molar-refractivity contribution in [1.82, 2.24) is 19.7 Å². The van der Waals surface area contributed by atoms with Gasteiger partial charge in [-0.1, -0.05) is 31.2 Å². The summed E-state index contributed by atoms with van der Waals surface area (Å²) in [7, 11) is 3.63. The largest absolute Gasteiger partial charge is 0.381 e. The van der Waals surface area contributed by atoms with E-state index in [1.165, 1.54) is 11.3 Å². The fourth-order valence-corrected chi connectivity index (χ4v) is 8.02. The summed E-state index contributed by atoms with van der Waals surface area (Å²) in [6.07, 6.45) is 8.27. The molecule has 3 fully saturated rings. The molecule has 2 saturated heterocycles. The van der Waals surface area contributed by atoms with Crippen LogP contribution >= 0.6 is 0 Å². The van der Waals surface area contributed by atoms with Gasteiger partial charge in [-0.25, -0.2) is 9.78 Å². The maximum absolute atomic E-state index is 13.9. The molecular weight excluding hydrogens is 476 g/mol. The second-order valence-electron chi connectivity index (χ2n) is 11.6. The first-order chi connectivity index (χ1) is 18.5. The third-order valence-electron chi connectivity index (χ3n) is 9.85. The van der Waals surface area contributed by atoms with Crippen LogP contribution in [0.3, 0.4) is 0 Å². The number of ether oxygens (including phenoxy) is 2. The van der Waals surface area contributed by atoms with Crippen LogP contribution in [0.15, 0.2) is 36.2 Å². The number of nitrogens with zero attached hydrogens (tertiary/aromatic N) is 4. The van der Waals surface area contributed by atoms with Gasteiger partial charge in [0.2, 0.25) is 0 Å². The maximum atomic E-state index is 13.9. The lowest BCUT2D eigenvalue weighted by Gasteiger charge is -2.44. The zero-order valence-corrected chi connectivity index (χ0v) is 23.2. The van der Waals surface area contributed by atoms with Crippen molar-refractivity contribution in [2.45, 2.75) is 63.8 Å². The molecule has 0 radical (unpaired) electrons. The van der Waals surface area contributed by atoms with Crippen molar-refractivity contribution < 1.29 is 14.3 Å². The minimum atomic E-state index is -0.229. The highest BCUT2D eigenvalue weighted by atomic mass is 16.5. The van der Waals surface area contributed by atoms with Crippen LogP contribution < -0.4 is 0 Å². The number of carbonyl (C=O) groups excluding carboxylic acids is 1. The third-order valence-corrected chi connectivity index (χ3v) is 9.85. The number of benzene rings is 1. The van der Waals surface area contributed by atoms with Crippen molar-refractivity contribution in [3.8, 4) is 0 Å². The molecule has 5 atom stereocenters. The summed E-state index contributed by atoms with van der Waals surface area (Å²) >= 11 is 0. The molecule has 7 heteroatoms. The molecule has 0 N–H and O–H groups in total. The predicted octanol–water partition coefficient (Wildman–Crippen LogP) is 4.52. The van der Waals surface area contributed by atoms with Crippen LogP contribution in [-0.2, 0) is 16.0 Å². The number of carbonyl (C=O) groups is 1. The molecule has 1 spiro atoms. The highest BCUT2D eigenvalue weighted by Gasteiger charge is 2.56. The molecule has 4 aliphatic rings. The molecule has 1 saturated carbocycles. The monoisotopic (exact) mass is 516 g/mol. The Morgan fingerprint density at radius 3 is 2.71 bits per heavy atom. The average Bonchev–Trinajstić information content (AvgIpc) is 3.04. The van der Waals surface area contributed by atoms with Gasteiger partial charge < -0.3 is 14.4 Å². The molecule has 4 heterocycles. The number of rotatable bonds is 5. The molecule has 1 aromatic carbocycles. The van der Waals surface area contributed by atoms with E-state index in [0.717, 1.165) is 69.3 Å². The van der Waals surface area contributed by atoms with Crippen LogP contribution in [0.25, 0.3) is 10.9 Å². The van der Waals surface area contributed by atoms with Gasteiger partial charge in [0.25, 0.3) is 0 Å². The highest BCUT2D eigenvalue weighted by molar-refractivity contribution is 5.83. The van der Waals surface area contributed by atoms with Gasteiger partial charge in [-0.3, -0.25) is 9.80 Å². The van der Waals surface area contributed by atoms with Gasteiger partial charge in [-0.05, 0) is 61.6 Å². The molecule has 2 aromatic rings. The predicted molar refractivity (Wildman–Crippen MR) is 146 cm³/mol. The Labute approximate surface area is 226 Å². The highest BCUT2D eigenvalue weighted by Crippen LogP contribution is 2.50. The minimum absolute atomic E-state index is 0.157. The summed E-state index contributed by atoms with van der Waals surface area (Å²) in [4.78, 5) is 25.2. The number of hydrogen-bond acceptors (Lipinski definition) is 5. The van der Waals surface area contributed by atoms with E-state index in [-0.39, 0.29) is 23.8 Å². The molecule has 0 bridgehead atoms. The smallest absolute Gasteiger partial charge is 0.325 e. The standard InChI is InChI=1S/C31H40N4O3/c1-5-35-30(36)34-20-23-17-24(37-3)18-27(38-4)29(23)21(2)16-28(34)31(35)11-14-33(15-12-31)19-22-8-6-10-26-25(22)9-7-13-32-26/h6,8,10,13,16,21,23-24,27,29H,5,11-12,14-15,17-20H2,1-4H3/t21?,23?,24-,27?,29+/m0/s1. The number of likely N-dealkylation sites (N-methyl/N-ethyl adjacent to an activating group) is 1. The number of urea groups is 1. The number of amides is 2. The number of piperidine rings is 1. The van der Waals surface area contributed by atoms with E-state index in [2.05, 4.69) is 63.9 Å². The van der Waals surface area contributed by atoms with E-state index >= 15 is 0 Å². The summed E-state index contributed by atoms with van der Waals surface area (Å²) in [5.74, 6) is 1.11. The van der Waals surface area contributed by atoms with Gasteiger partial charge in [0, 0.05) is 59.1 Å². The molecule has 38 heavy (non-hydrogen) atoms. The van der Waals surface area contributed by atoms with Gasteiger partial charge in [-0.2, -0.15) is 0 Å². The Balaban J connectivity index is 1.26. The van der Waals surface area contributed by atoms with Crippen molar-refractivity contribution >= 4 is 16.9 Å². The van der Waals surface area contributed by atoms with Crippen molar-refractivity contribution in [2.75, 3.05) is 40.4 Å². The number of likely N-dealkylation sites (tertiary alicyclic amines) is 1. The zero-order chi connectivity index (χ0) is 26.4. The van der Waals surface area contributed by atoms with Gasteiger partial charge in [0.1, 0.15) is 0 Å². The number of methoxy groups -OCH3 is 2. The lowest BCUT2D eigenvalue weighted by molar-refractivity contribution is -0.0780. The van der Waals surface area contributed by atoms with Gasteiger partial charge in [0.05, 0.1) is 34.8 Å². The summed E-state index contributed by atoms with van der Waals surface area (Å²) < 4.78 is 11.8. The van der Waals surface area contributed by atoms with E-state index in [1.54, 1.807) is 13.3 Å². The zero-order valence-electron chi connectivity index (χ0n) is 23.2. The molecule has 1 aliphatic carbocycles. The first-order valence-corrected chi connectivity index (χ1v) is 14.2. The summed E-state index contributed by atoms with van der Waals surface area (Å²) in [5, 5.41) is 1.05.